The van der Waals surface area contributed by atoms with Crippen LogP contribution in [0.5, 0.6) is 17.2 Å². The highest BCUT2D eigenvalue weighted by atomic mass is 16.5. The second-order valence-electron chi connectivity index (χ2n) is 8.23. The zero-order valence-corrected chi connectivity index (χ0v) is 20.3. The lowest BCUT2D eigenvalue weighted by Gasteiger charge is -2.21. The van der Waals surface area contributed by atoms with Crippen molar-refractivity contribution in [1.82, 2.24) is 19.4 Å². The van der Waals surface area contributed by atoms with Gasteiger partial charge in [0.25, 0.3) is 5.91 Å². The van der Waals surface area contributed by atoms with E-state index in [1.807, 2.05) is 46.7 Å². The van der Waals surface area contributed by atoms with Crippen molar-refractivity contribution >= 4 is 22.8 Å². The van der Waals surface area contributed by atoms with Crippen LogP contribution in [-0.4, -0.2) is 78.7 Å². The summed E-state index contributed by atoms with van der Waals surface area (Å²) in [6, 6.07) is 9.30. The van der Waals surface area contributed by atoms with Gasteiger partial charge in [-0.1, -0.05) is 0 Å². The minimum absolute atomic E-state index is 0.0449. The summed E-state index contributed by atoms with van der Waals surface area (Å²) >= 11 is 0. The molecule has 1 saturated heterocycles. The van der Waals surface area contributed by atoms with Gasteiger partial charge in [0, 0.05) is 50.8 Å². The highest BCUT2D eigenvalue weighted by Crippen LogP contribution is 2.40. The van der Waals surface area contributed by atoms with Crippen LogP contribution in [0.15, 0.2) is 30.3 Å². The fraction of sp³-hybridized carbons (Fsp3) is 0.400. The van der Waals surface area contributed by atoms with Gasteiger partial charge in [-0.05, 0) is 31.5 Å². The number of amides is 2. The van der Waals surface area contributed by atoms with Gasteiger partial charge in [-0.15, -0.1) is 0 Å². The van der Waals surface area contributed by atoms with E-state index < -0.39 is 0 Å². The molecule has 9 nitrogen and oxygen atoms in total. The Hall–Kier alpha value is -3.75. The van der Waals surface area contributed by atoms with Crippen molar-refractivity contribution in [2.75, 3.05) is 47.5 Å². The van der Waals surface area contributed by atoms with E-state index in [9.17, 15) is 9.59 Å². The first-order valence-corrected chi connectivity index (χ1v) is 11.2. The summed E-state index contributed by atoms with van der Waals surface area (Å²) in [7, 11) is 4.73. The number of nitrogens with zero attached hydrogens (tertiary/aromatic N) is 4. The average Bonchev–Trinajstić information content (AvgIpc) is 2.99. The average molecular weight is 467 g/mol. The van der Waals surface area contributed by atoms with E-state index in [2.05, 4.69) is 0 Å². The standard InChI is InChI=1S/C25H30N4O5/c1-16-26-20-13-18(25(31)28-10-6-9-27(11-12-28)17(2)30)7-8-21(20)29(16)19-14-22(32-3)24(34-5)23(15-19)33-4/h7-8,13-15H,6,9-12H2,1-5H3. The summed E-state index contributed by atoms with van der Waals surface area (Å²) in [5, 5.41) is 0. The minimum atomic E-state index is -0.0488. The molecule has 2 heterocycles. The van der Waals surface area contributed by atoms with Crippen LogP contribution in [-0.2, 0) is 4.79 Å². The number of carbonyl (C=O) groups is 2. The molecule has 1 aliphatic rings. The summed E-state index contributed by atoms with van der Waals surface area (Å²) in [5.41, 5.74) is 2.97. The van der Waals surface area contributed by atoms with Gasteiger partial charge in [-0.25, -0.2) is 4.98 Å². The first-order valence-electron chi connectivity index (χ1n) is 11.2. The largest absolute Gasteiger partial charge is 0.493 e. The number of hydrogen-bond donors (Lipinski definition) is 0. The van der Waals surface area contributed by atoms with Crippen molar-refractivity contribution in [2.24, 2.45) is 0 Å². The topological polar surface area (TPSA) is 86.1 Å². The number of methoxy groups -OCH3 is 3. The van der Waals surface area contributed by atoms with Gasteiger partial charge in [-0.2, -0.15) is 0 Å². The lowest BCUT2D eigenvalue weighted by Crippen LogP contribution is -2.36. The van der Waals surface area contributed by atoms with Crippen molar-refractivity contribution in [3.63, 3.8) is 0 Å². The van der Waals surface area contributed by atoms with E-state index >= 15 is 0 Å². The van der Waals surface area contributed by atoms with Crippen LogP contribution in [0.4, 0.5) is 0 Å². The van der Waals surface area contributed by atoms with E-state index in [1.54, 1.807) is 33.2 Å². The molecule has 0 aliphatic carbocycles. The van der Waals surface area contributed by atoms with Crippen molar-refractivity contribution < 1.29 is 23.8 Å². The van der Waals surface area contributed by atoms with E-state index in [1.165, 1.54) is 0 Å². The van der Waals surface area contributed by atoms with Crippen LogP contribution >= 0.6 is 0 Å². The number of fused-ring (bicyclic) bond motifs is 1. The maximum absolute atomic E-state index is 13.2. The normalized spacial score (nSPS) is 14.1. The second kappa shape index (κ2) is 9.62. The SMILES string of the molecule is COc1cc(-n2c(C)nc3cc(C(=O)N4CCCN(C(C)=O)CC4)ccc32)cc(OC)c1OC. The number of imidazole rings is 1. The van der Waals surface area contributed by atoms with Gasteiger partial charge in [0.05, 0.1) is 38.1 Å². The van der Waals surface area contributed by atoms with Crippen molar-refractivity contribution in [3.05, 3.63) is 41.7 Å². The Morgan fingerprint density at radius 2 is 1.53 bits per heavy atom. The predicted molar refractivity (Wildman–Crippen MR) is 128 cm³/mol. The predicted octanol–water partition coefficient (Wildman–Crippen LogP) is 3.05. The Labute approximate surface area is 198 Å². The zero-order valence-electron chi connectivity index (χ0n) is 20.3. The molecule has 180 valence electrons. The molecule has 3 aromatic rings. The number of benzene rings is 2. The molecule has 2 aromatic carbocycles. The third kappa shape index (κ3) is 4.25. The molecule has 0 saturated carbocycles. The second-order valence-corrected chi connectivity index (χ2v) is 8.23. The quantitative estimate of drug-likeness (QED) is 0.575. The lowest BCUT2D eigenvalue weighted by atomic mass is 10.1. The fourth-order valence-electron chi connectivity index (χ4n) is 4.47. The molecule has 0 N–H and O–H groups in total. The van der Waals surface area contributed by atoms with Gasteiger partial charge < -0.3 is 24.0 Å². The highest BCUT2D eigenvalue weighted by Gasteiger charge is 2.23. The Morgan fingerprint density at radius 1 is 0.882 bits per heavy atom. The molecule has 9 heteroatoms. The van der Waals surface area contributed by atoms with Gasteiger partial charge in [0.2, 0.25) is 11.7 Å². The van der Waals surface area contributed by atoms with Crippen molar-refractivity contribution in [3.8, 4) is 22.9 Å². The van der Waals surface area contributed by atoms with Crippen molar-refractivity contribution in [2.45, 2.75) is 20.3 Å². The number of ether oxygens (including phenoxy) is 3. The molecular weight excluding hydrogens is 436 g/mol. The first kappa shape index (κ1) is 23.4. The summed E-state index contributed by atoms with van der Waals surface area (Å²) in [6.07, 6.45) is 0.766. The summed E-state index contributed by atoms with van der Waals surface area (Å²) in [6.45, 7) is 5.86. The molecule has 0 radical (unpaired) electrons. The van der Waals surface area contributed by atoms with Crippen LogP contribution in [0.3, 0.4) is 0 Å². The molecule has 1 fully saturated rings. The van der Waals surface area contributed by atoms with E-state index in [-0.39, 0.29) is 11.8 Å². The van der Waals surface area contributed by atoms with Crippen LogP contribution in [0.2, 0.25) is 0 Å². The molecule has 1 aliphatic heterocycles. The molecule has 4 rings (SSSR count). The molecule has 0 unspecified atom stereocenters. The third-order valence-electron chi connectivity index (χ3n) is 6.21. The monoisotopic (exact) mass is 466 g/mol. The number of rotatable bonds is 5. The van der Waals surface area contributed by atoms with Crippen molar-refractivity contribution in [1.29, 1.82) is 0 Å². The van der Waals surface area contributed by atoms with Crippen LogP contribution in [0.25, 0.3) is 16.7 Å². The summed E-state index contributed by atoms with van der Waals surface area (Å²) < 4.78 is 18.4. The number of hydrogen-bond acceptors (Lipinski definition) is 6. The van der Waals surface area contributed by atoms with Gasteiger partial charge in [0.15, 0.2) is 11.5 Å². The minimum Gasteiger partial charge on any atom is -0.493 e. The molecule has 2 amide bonds. The molecule has 34 heavy (non-hydrogen) atoms. The van der Waals surface area contributed by atoms with E-state index in [4.69, 9.17) is 19.2 Å². The van der Waals surface area contributed by atoms with Gasteiger partial charge >= 0.3 is 0 Å². The summed E-state index contributed by atoms with van der Waals surface area (Å²) in [5.74, 6) is 2.37. The Kier molecular flexibility index (Phi) is 6.63. The number of aryl methyl sites for hydroxylation is 1. The maximum atomic E-state index is 13.2. The fourth-order valence-corrected chi connectivity index (χ4v) is 4.47. The lowest BCUT2D eigenvalue weighted by molar-refractivity contribution is -0.128. The third-order valence-corrected chi connectivity index (χ3v) is 6.21. The highest BCUT2D eigenvalue weighted by molar-refractivity contribution is 5.97. The maximum Gasteiger partial charge on any atom is 0.253 e. The number of carbonyl (C=O) groups excluding carboxylic acids is 2. The smallest absolute Gasteiger partial charge is 0.253 e. The Bertz CT molecular complexity index is 1210. The van der Waals surface area contributed by atoms with Crippen LogP contribution in [0.1, 0.15) is 29.5 Å². The zero-order chi connectivity index (χ0) is 24.4. The molecule has 0 spiro atoms. The van der Waals surface area contributed by atoms with E-state index in [0.717, 1.165) is 29.0 Å². The van der Waals surface area contributed by atoms with Gasteiger partial charge in [-0.3, -0.25) is 14.2 Å². The molecule has 0 bridgehead atoms. The first-order chi connectivity index (χ1) is 16.4. The molecular formula is C25H30N4O5. The Balaban J connectivity index is 1.68. The molecule has 0 atom stereocenters. The number of aromatic nitrogens is 2. The Morgan fingerprint density at radius 3 is 2.15 bits per heavy atom. The molecule has 1 aromatic heterocycles. The van der Waals surface area contributed by atoms with Crippen LogP contribution in [0, 0.1) is 6.92 Å². The van der Waals surface area contributed by atoms with E-state index in [0.29, 0.717) is 49.0 Å². The van der Waals surface area contributed by atoms with Gasteiger partial charge in [0.1, 0.15) is 5.82 Å². The van der Waals surface area contributed by atoms with Crippen LogP contribution < -0.4 is 14.2 Å². The summed E-state index contributed by atoms with van der Waals surface area (Å²) in [4.78, 5) is 33.2.